The first-order valence-corrected chi connectivity index (χ1v) is 11.8. The van der Waals surface area contributed by atoms with E-state index in [1.807, 2.05) is 6.07 Å². The van der Waals surface area contributed by atoms with Gasteiger partial charge in [-0.3, -0.25) is 4.79 Å². The summed E-state index contributed by atoms with van der Waals surface area (Å²) in [5.74, 6) is -1.42. The SMILES string of the molecule is C=CC(=O)Nc1cc(Nc2ncc(Cl)c(Nc3c(F)cccc3F)n2)c(OC)cc1N1CCN(C)CC1. The first-order valence-electron chi connectivity index (χ1n) is 11.4. The van der Waals surface area contributed by atoms with Crippen LogP contribution in [0.15, 0.2) is 49.2 Å². The summed E-state index contributed by atoms with van der Waals surface area (Å²) in [6.45, 7) is 6.81. The molecule has 9 nitrogen and oxygen atoms in total. The molecule has 0 radical (unpaired) electrons. The van der Waals surface area contributed by atoms with Gasteiger partial charge in [0, 0.05) is 32.2 Å². The molecule has 194 valence electrons. The second-order valence-corrected chi connectivity index (χ2v) is 8.70. The molecule has 1 aromatic heterocycles. The van der Waals surface area contributed by atoms with E-state index in [2.05, 4.69) is 49.3 Å². The fourth-order valence-corrected chi connectivity index (χ4v) is 3.94. The number of hydrogen-bond acceptors (Lipinski definition) is 8. The highest BCUT2D eigenvalue weighted by molar-refractivity contribution is 6.32. The first-order chi connectivity index (χ1) is 17.8. The maximum atomic E-state index is 14.1. The number of amides is 1. The fourth-order valence-electron chi connectivity index (χ4n) is 3.80. The van der Waals surface area contributed by atoms with Crippen LogP contribution in [0.4, 0.5) is 43.3 Å². The van der Waals surface area contributed by atoms with Crippen molar-refractivity contribution in [2.24, 2.45) is 0 Å². The Morgan fingerprint density at radius 1 is 1.14 bits per heavy atom. The first kappa shape index (κ1) is 26.1. The fraction of sp³-hybridized carbons (Fsp3) is 0.240. The van der Waals surface area contributed by atoms with E-state index in [-0.39, 0.29) is 22.7 Å². The molecule has 3 N–H and O–H groups in total. The van der Waals surface area contributed by atoms with Crippen molar-refractivity contribution in [1.29, 1.82) is 0 Å². The molecule has 1 aliphatic rings. The minimum atomic E-state index is -0.798. The predicted octanol–water partition coefficient (Wildman–Crippen LogP) is 4.78. The van der Waals surface area contributed by atoms with Crippen LogP contribution >= 0.6 is 11.6 Å². The van der Waals surface area contributed by atoms with E-state index < -0.39 is 17.3 Å². The number of carbonyl (C=O) groups is 1. The highest BCUT2D eigenvalue weighted by atomic mass is 35.5. The molecule has 1 saturated heterocycles. The van der Waals surface area contributed by atoms with Crippen molar-refractivity contribution in [3.8, 4) is 5.75 Å². The molecule has 0 bridgehead atoms. The quantitative estimate of drug-likeness (QED) is 0.359. The molecule has 0 spiro atoms. The maximum Gasteiger partial charge on any atom is 0.247 e. The van der Waals surface area contributed by atoms with Gasteiger partial charge in [-0.15, -0.1) is 0 Å². The molecular weight excluding hydrogens is 504 g/mol. The molecule has 4 rings (SSSR count). The van der Waals surface area contributed by atoms with E-state index in [0.717, 1.165) is 44.0 Å². The van der Waals surface area contributed by atoms with Crippen LogP contribution < -0.4 is 25.6 Å². The number of nitrogens with one attached hydrogen (secondary N) is 3. The smallest absolute Gasteiger partial charge is 0.247 e. The minimum absolute atomic E-state index is 0.00336. The highest BCUT2D eigenvalue weighted by Crippen LogP contribution is 2.39. The van der Waals surface area contributed by atoms with Crippen molar-refractivity contribution in [2.45, 2.75) is 0 Å². The van der Waals surface area contributed by atoms with Crippen molar-refractivity contribution >= 4 is 52.0 Å². The van der Waals surface area contributed by atoms with Gasteiger partial charge in [0.05, 0.1) is 30.4 Å². The standard InChI is InChI=1S/C25H26ClF2N7O2/c1-4-22(36)30-18-12-19(21(37-3)13-20(18)35-10-8-34(2)9-11-35)31-25-29-14-15(26)24(33-25)32-23-16(27)6-5-7-17(23)28/h4-7,12-14H,1,8-11H2,2-3H3,(H,30,36)(H2,29,31,32,33). The van der Waals surface area contributed by atoms with Crippen LogP contribution in [0.5, 0.6) is 5.75 Å². The second-order valence-electron chi connectivity index (χ2n) is 8.29. The van der Waals surface area contributed by atoms with Crippen LogP contribution in [0, 0.1) is 11.6 Å². The zero-order chi connectivity index (χ0) is 26.5. The van der Waals surface area contributed by atoms with Gasteiger partial charge >= 0.3 is 0 Å². The van der Waals surface area contributed by atoms with Crippen molar-refractivity contribution in [1.82, 2.24) is 14.9 Å². The lowest BCUT2D eigenvalue weighted by atomic mass is 10.1. The lowest BCUT2D eigenvalue weighted by Crippen LogP contribution is -2.44. The lowest BCUT2D eigenvalue weighted by Gasteiger charge is -2.35. The predicted molar refractivity (Wildman–Crippen MR) is 141 cm³/mol. The monoisotopic (exact) mass is 529 g/mol. The van der Waals surface area contributed by atoms with Gasteiger partial charge in [-0.25, -0.2) is 13.8 Å². The van der Waals surface area contributed by atoms with Gasteiger partial charge in [0.2, 0.25) is 11.9 Å². The summed E-state index contributed by atoms with van der Waals surface area (Å²) < 4.78 is 33.9. The molecule has 2 heterocycles. The number of halogens is 3. The van der Waals surface area contributed by atoms with Gasteiger partial charge in [0.1, 0.15) is 28.1 Å². The Kier molecular flexibility index (Phi) is 8.04. The molecule has 0 saturated carbocycles. The van der Waals surface area contributed by atoms with Gasteiger partial charge in [-0.05, 0) is 31.3 Å². The molecule has 3 aromatic rings. The number of aromatic nitrogens is 2. The molecule has 0 unspecified atom stereocenters. The number of piperazine rings is 1. The third kappa shape index (κ3) is 6.07. The normalized spacial score (nSPS) is 13.7. The van der Waals surface area contributed by atoms with Gasteiger partial charge in [-0.2, -0.15) is 4.98 Å². The Balaban J connectivity index is 1.68. The Morgan fingerprint density at radius 2 is 1.84 bits per heavy atom. The Bertz CT molecular complexity index is 1300. The molecule has 12 heteroatoms. The van der Waals surface area contributed by atoms with Crippen LogP contribution in [0.1, 0.15) is 0 Å². The maximum absolute atomic E-state index is 14.1. The van der Waals surface area contributed by atoms with Crippen molar-refractivity contribution < 1.29 is 18.3 Å². The number of para-hydroxylation sites is 1. The van der Waals surface area contributed by atoms with Crippen LogP contribution in [0.3, 0.4) is 0 Å². The molecule has 1 fully saturated rings. The summed E-state index contributed by atoms with van der Waals surface area (Å²) in [7, 11) is 3.58. The largest absolute Gasteiger partial charge is 0.494 e. The summed E-state index contributed by atoms with van der Waals surface area (Å²) in [6, 6.07) is 7.01. The van der Waals surface area contributed by atoms with Crippen LogP contribution in [0.25, 0.3) is 0 Å². The average molecular weight is 530 g/mol. The van der Waals surface area contributed by atoms with Gasteiger partial charge in [0.25, 0.3) is 0 Å². The number of anilines is 6. The summed E-state index contributed by atoms with van der Waals surface area (Å²) in [6.07, 6.45) is 2.48. The summed E-state index contributed by atoms with van der Waals surface area (Å²) >= 11 is 6.18. The van der Waals surface area contributed by atoms with Gasteiger partial charge in [-0.1, -0.05) is 24.2 Å². The number of hydrogen-bond donors (Lipinski definition) is 3. The molecular formula is C25H26ClF2N7O2. The zero-order valence-electron chi connectivity index (χ0n) is 20.3. The van der Waals surface area contributed by atoms with Crippen LogP contribution in [-0.2, 0) is 4.79 Å². The van der Waals surface area contributed by atoms with E-state index in [9.17, 15) is 13.6 Å². The Labute approximate surface area is 218 Å². The number of likely N-dealkylation sites (N-methyl/N-ethyl adjacent to an activating group) is 1. The number of rotatable bonds is 8. The van der Waals surface area contributed by atoms with Crippen molar-refractivity contribution in [3.05, 3.63) is 65.8 Å². The highest BCUT2D eigenvalue weighted by Gasteiger charge is 2.21. The molecule has 0 aliphatic carbocycles. The van der Waals surface area contributed by atoms with E-state index in [4.69, 9.17) is 16.3 Å². The summed E-state index contributed by atoms with van der Waals surface area (Å²) in [5, 5.41) is 8.53. The van der Waals surface area contributed by atoms with Crippen molar-refractivity contribution in [2.75, 3.05) is 61.2 Å². The average Bonchev–Trinajstić information content (AvgIpc) is 2.88. The Hall–Kier alpha value is -3.96. The Morgan fingerprint density at radius 3 is 2.49 bits per heavy atom. The third-order valence-electron chi connectivity index (χ3n) is 5.80. The van der Waals surface area contributed by atoms with Crippen molar-refractivity contribution in [3.63, 3.8) is 0 Å². The second kappa shape index (κ2) is 11.4. The summed E-state index contributed by atoms with van der Waals surface area (Å²) in [5.41, 5.74) is 1.39. The van der Waals surface area contributed by atoms with Gasteiger partial charge < -0.3 is 30.5 Å². The number of ether oxygens (including phenoxy) is 1. The molecule has 0 atom stereocenters. The van der Waals surface area contributed by atoms with E-state index in [1.165, 1.54) is 25.4 Å². The molecule has 1 aliphatic heterocycles. The molecule has 1 amide bonds. The number of benzene rings is 2. The lowest BCUT2D eigenvalue weighted by molar-refractivity contribution is -0.111. The van der Waals surface area contributed by atoms with E-state index in [1.54, 1.807) is 6.07 Å². The molecule has 37 heavy (non-hydrogen) atoms. The summed E-state index contributed by atoms with van der Waals surface area (Å²) in [4.78, 5) is 25.0. The van der Waals surface area contributed by atoms with Gasteiger partial charge in [0.15, 0.2) is 5.82 Å². The molecule has 2 aromatic carbocycles. The minimum Gasteiger partial charge on any atom is -0.494 e. The topological polar surface area (TPSA) is 94.6 Å². The van der Waals surface area contributed by atoms with E-state index in [0.29, 0.717) is 17.1 Å². The van der Waals surface area contributed by atoms with Crippen LogP contribution in [-0.4, -0.2) is 61.1 Å². The van der Waals surface area contributed by atoms with Crippen LogP contribution in [0.2, 0.25) is 5.02 Å². The zero-order valence-corrected chi connectivity index (χ0v) is 21.1. The number of carbonyl (C=O) groups excluding carboxylic acids is 1. The van der Waals surface area contributed by atoms with E-state index >= 15 is 0 Å². The third-order valence-corrected chi connectivity index (χ3v) is 6.08. The number of methoxy groups -OCH3 is 1. The number of nitrogens with zero attached hydrogens (tertiary/aromatic N) is 4.